The highest BCUT2D eigenvalue weighted by atomic mass is 32.2. The van der Waals surface area contributed by atoms with Crippen LogP contribution in [0.4, 0.5) is 13.2 Å². The van der Waals surface area contributed by atoms with Gasteiger partial charge < -0.3 is 9.64 Å². The number of amides is 1. The zero-order valence-corrected chi connectivity index (χ0v) is 19.4. The lowest BCUT2D eigenvalue weighted by molar-refractivity contribution is -0.137. The van der Waals surface area contributed by atoms with Crippen LogP contribution in [0.2, 0.25) is 0 Å². The second-order valence-corrected chi connectivity index (χ2v) is 10.4. The van der Waals surface area contributed by atoms with Crippen molar-refractivity contribution in [2.24, 2.45) is 0 Å². The predicted octanol–water partition coefficient (Wildman–Crippen LogP) is 4.24. The van der Waals surface area contributed by atoms with E-state index in [0.717, 1.165) is 18.4 Å². The molecular formula is C23H22F3N3O4S. The fraction of sp³-hybridized carbons (Fsp3) is 0.304. The lowest BCUT2D eigenvalue weighted by Gasteiger charge is -2.20. The molecule has 0 saturated heterocycles. The van der Waals surface area contributed by atoms with E-state index in [2.05, 4.69) is 5.10 Å². The molecule has 0 radical (unpaired) electrons. The summed E-state index contributed by atoms with van der Waals surface area (Å²) in [6, 6.07) is 8.99. The number of carbonyl (C=O) groups excluding carboxylic acids is 1. The van der Waals surface area contributed by atoms with Crippen molar-refractivity contribution < 1.29 is 31.1 Å². The van der Waals surface area contributed by atoms with Gasteiger partial charge in [0.05, 0.1) is 40.1 Å². The number of benzene rings is 2. The van der Waals surface area contributed by atoms with Gasteiger partial charge in [0.25, 0.3) is 5.91 Å². The number of ether oxygens (including phenoxy) is 1. The summed E-state index contributed by atoms with van der Waals surface area (Å²) < 4.78 is 70.2. The number of halogens is 3. The molecule has 2 aromatic carbocycles. The summed E-state index contributed by atoms with van der Waals surface area (Å²) in [4.78, 5) is 14.8. The van der Waals surface area contributed by atoms with Crippen molar-refractivity contribution in [1.82, 2.24) is 14.7 Å². The molecule has 11 heteroatoms. The summed E-state index contributed by atoms with van der Waals surface area (Å²) in [5.41, 5.74) is 0.844. The molecule has 7 nitrogen and oxygen atoms in total. The van der Waals surface area contributed by atoms with E-state index in [1.54, 1.807) is 20.0 Å². The van der Waals surface area contributed by atoms with E-state index in [4.69, 9.17) is 4.74 Å². The van der Waals surface area contributed by atoms with Crippen molar-refractivity contribution in [2.45, 2.75) is 44.1 Å². The van der Waals surface area contributed by atoms with Crippen molar-refractivity contribution in [3.63, 3.8) is 0 Å². The Bertz CT molecular complexity index is 1340. The third-order valence-corrected chi connectivity index (χ3v) is 6.39. The Balaban J connectivity index is 1.60. The van der Waals surface area contributed by atoms with E-state index in [1.165, 1.54) is 39.9 Å². The van der Waals surface area contributed by atoms with E-state index in [9.17, 15) is 26.4 Å². The van der Waals surface area contributed by atoms with Gasteiger partial charge >= 0.3 is 6.18 Å². The molecule has 180 valence electrons. The van der Waals surface area contributed by atoms with Gasteiger partial charge in [-0.25, -0.2) is 13.1 Å². The summed E-state index contributed by atoms with van der Waals surface area (Å²) in [6.45, 7) is 3.89. The van der Waals surface area contributed by atoms with E-state index >= 15 is 0 Å². The maximum Gasteiger partial charge on any atom is 0.416 e. The van der Waals surface area contributed by atoms with Crippen LogP contribution in [0.15, 0.2) is 53.6 Å². The van der Waals surface area contributed by atoms with E-state index < -0.39 is 27.5 Å². The van der Waals surface area contributed by atoms with Crippen molar-refractivity contribution in [3.05, 3.63) is 71.0 Å². The quantitative estimate of drug-likeness (QED) is 0.531. The molecule has 0 fully saturated rings. The van der Waals surface area contributed by atoms with Gasteiger partial charge in [-0.3, -0.25) is 4.79 Å². The van der Waals surface area contributed by atoms with Gasteiger partial charge in [0.2, 0.25) is 0 Å². The second kappa shape index (κ2) is 8.46. The molecule has 4 rings (SSSR count). The highest BCUT2D eigenvalue weighted by Crippen LogP contribution is 2.32. The molecule has 0 spiro atoms. The zero-order valence-electron chi connectivity index (χ0n) is 18.6. The normalized spacial score (nSPS) is 13.9. The van der Waals surface area contributed by atoms with Crippen LogP contribution in [0.5, 0.6) is 5.75 Å². The van der Waals surface area contributed by atoms with Crippen molar-refractivity contribution in [3.8, 4) is 11.4 Å². The lowest BCUT2D eigenvalue weighted by atomic mass is 10.1. The van der Waals surface area contributed by atoms with Gasteiger partial charge in [-0.1, -0.05) is 6.07 Å². The molecule has 3 aromatic rings. The molecule has 1 amide bonds. The average molecular weight is 494 g/mol. The van der Waals surface area contributed by atoms with Crippen molar-refractivity contribution in [2.75, 3.05) is 6.26 Å². The molecule has 1 aromatic heterocycles. The Morgan fingerprint density at radius 3 is 2.47 bits per heavy atom. The fourth-order valence-corrected chi connectivity index (χ4v) is 4.33. The van der Waals surface area contributed by atoms with Crippen LogP contribution in [0.25, 0.3) is 5.69 Å². The van der Waals surface area contributed by atoms with Crippen LogP contribution in [0, 0.1) is 0 Å². The molecule has 0 unspecified atom stereocenters. The van der Waals surface area contributed by atoms with Gasteiger partial charge in [-0.2, -0.15) is 18.3 Å². The highest BCUT2D eigenvalue weighted by Gasteiger charge is 2.32. The van der Waals surface area contributed by atoms with Crippen molar-refractivity contribution in [1.29, 1.82) is 0 Å². The predicted molar refractivity (Wildman–Crippen MR) is 117 cm³/mol. The van der Waals surface area contributed by atoms with Gasteiger partial charge in [0, 0.05) is 24.6 Å². The minimum atomic E-state index is -4.47. The first-order valence-electron chi connectivity index (χ1n) is 10.4. The Hall–Kier alpha value is -3.34. The highest BCUT2D eigenvalue weighted by molar-refractivity contribution is 7.90. The first-order valence-corrected chi connectivity index (χ1v) is 12.3. The number of rotatable bonds is 5. The molecule has 1 aliphatic heterocycles. The SMILES string of the molecule is CC(C)Oc1ccc(S(C)(=O)=O)cc1C(=O)N1Cc2cn(-c3cccc(C(F)(F)F)c3)nc2C1. The number of carbonyl (C=O) groups is 1. The van der Waals surface area contributed by atoms with Crippen LogP contribution in [0.1, 0.15) is 41.0 Å². The zero-order chi connectivity index (χ0) is 24.8. The number of alkyl halides is 3. The van der Waals surface area contributed by atoms with Gasteiger partial charge in [-0.15, -0.1) is 0 Å². The number of hydrogen-bond acceptors (Lipinski definition) is 5. The summed E-state index contributed by atoms with van der Waals surface area (Å²) in [6.07, 6.45) is -2.05. The lowest BCUT2D eigenvalue weighted by Crippen LogP contribution is -2.27. The van der Waals surface area contributed by atoms with Gasteiger partial charge in [-0.05, 0) is 50.2 Å². The monoisotopic (exact) mass is 493 g/mol. The van der Waals surface area contributed by atoms with Crippen LogP contribution >= 0.6 is 0 Å². The maximum absolute atomic E-state index is 13.3. The molecule has 34 heavy (non-hydrogen) atoms. The van der Waals surface area contributed by atoms with Crippen LogP contribution in [-0.4, -0.2) is 41.4 Å². The topological polar surface area (TPSA) is 81.5 Å². The summed E-state index contributed by atoms with van der Waals surface area (Å²) in [5, 5.41) is 4.37. The molecule has 2 heterocycles. The maximum atomic E-state index is 13.3. The Morgan fingerprint density at radius 2 is 1.85 bits per heavy atom. The minimum absolute atomic E-state index is 0.00127. The smallest absolute Gasteiger partial charge is 0.416 e. The van der Waals surface area contributed by atoms with Crippen LogP contribution < -0.4 is 4.74 Å². The fourth-order valence-electron chi connectivity index (χ4n) is 3.69. The van der Waals surface area contributed by atoms with Crippen LogP contribution in [-0.2, 0) is 29.1 Å². The van der Waals surface area contributed by atoms with E-state index in [1.807, 2.05) is 0 Å². The summed E-state index contributed by atoms with van der Waals surface area (Å²) in [7, 11) is -3.54. The number of sulfone groups is 1. The molecular weight excluding hydrogens is 471 g/mol. The van der Waals surface area contributed by atoms with E-state index in [-0.39, 0.29) is 41.1 Å². The first-order chi connectivity index (χ1) is 15.8. The Labute approximate surface area is 194 Å². The number of nitrogens with zero attached hydrogens (tertiary/aromatic N) is 3. The standard InChI is InChI=1S/C23H22F3N3O4S/c1-14(2)33-21-8-7-18(34(3,31)32)10-19(21)22(30)28-11-15-12-29(27-20(15)13-28)17-6-4-5-16(9-17)23(24,25)26/h4-10,12,14H,11,13H2,1-3H3. The second-order valence-electron chi connectivity index (χ2n) is 8.35. The van der Waals surface area contributed by atoms with Gasteiger partial charge in [0.15, 0.2) is 9.84 Å². The molecule has 0 saturated carbocycles. The number of aromatic nitrogens is 2. The molecule has 0 atom stereocenters. The first kappa shape index (κ1) is 23.8. The third kappa shape index (κ3) is 4.79. The number of hydrogen-bond donors (Lipinski definition) is 0. The molecule has 0 aliphatic carbocycles. The van der Waals surface area contributed by atoms with Crippen molar-refractivity contribution >= 4 is 15.7 Å². The third-order valence-electron chi connectivity index (χ3n) is 5.28. The summed E-state index contributed by atoms with van der Waals surface area (Å²) in [5.74, 6) is -0.157. The van der Waals surface area contributed by atoms with Crippen LogP contribution in [0.3, 0.4) is 0 Å². The summed E-state index contributed by atoms with van der Waals surface area (Å²) >= 11 is 0. The van der Waals surface area contributed by atoms with Gasteiger partial charge in [0.1, 0.15) is 5.75 Å². The average Bonchev–Trinajstić information content (AvgIpc) is 3.31. The minimum Gasteiger partial charge on any atom is -0.490 e. The molecule has 1 aliphatic rings. The molecule has 0 N–H and O–H groups in total. The number of fused-ring (bicyclic) bond motifs is 1. The Morgan fingerprint density at radius 1 is 1.12 bits per heavy atom. The van der Waals surface area contributed by atoms with E-state index in [0.29, 0.717) is 11.3 Å². The molecule has 0 bridgehead atoms. The largest absolute Gasteiger partial charge is 0.490 e. The Kier molecular flexibility index (Phi) is 5.92.